The fourth-order valence-corrected chi connectivity index (χ4v) is 3.56. The van der Waals surface area contributed by atoms with Crippen LogP contribution in [-0.4, -0.2) is 25.0 Å². The topological polar surface area (TPSA) is 101 Å². The Morgan fingerprint density at radius 1 is 1.38 bits per heavy atom. The Balaban J connectivity index is 2.71. The normalized spacial score (nSPS) is 27.9. The molecule has 0 saturated heterocycles. The molecule has 0 aromatic heterocycles. The first-order valence-corrected chi connectivity index (χ1v) is 7.17. The maximum Gasteiger partial charge on any atom is 0.187 e. The predicted octanol–water partition coefficient (Wildman–Crippen LogP) is 1.67. The Hall–Kier alpha value is -2.29. The minimum absolute atomic E-state index is 0.0185. The largest absolute Gasteiger partial charge is 0.399 e. The van der Waals surface area contributed by atoms with Crippen LogP contribution in [0, 0.1) is 51.2 Å². The Bertz CT molecular complexity index is 609. The third kappa shape index (κ3) is 2.09. The lowest BCUT2D eigenvalue weighted by Crippen LogP contribution is -2.48. The van der Waals surface area contributed by atoms with E-state index in [9.17, 15) is 15.8 Å². The molecule has 5 heteroatoms. The summed E-state index contributed by atoms with van der Waals surface area (Å²) >= 11 is 0. The minimum Gasteiger partial charge on any atom is -0.399 e. The van der Waals surface area contributed by atoms with Gasteiger partial charge in [-0.15, -0.1) is 0 Å². The zero-order valence-electron chi connectivity index (χ0n) is 12.4. The van der Waals surface area contributed by atoms with Crippen LogP contribution in [0.4, 0.5) is 0 Å². The van der Waals surface area contributed by atoms with Crippen molar-refractivity contribution >= 4 is 0 Å². The summed E-state index contributed by atoms with van der Waals surface area (Å²) in [5.74, 6) is -0.145. The molecule has 0 spiro atoms. The van der Waals surface area contributed by atoms with Crippen molar-refractivity contribution < 1.29 is 0 Å². The Morgan fingerprint density at radius 3 is 2.57 bits per heavy atom. The van der Waals surface area contributed by atoms with Crippen molar-refractivity contribution in [1.82, 2.24) is 4.90 Å². The third-order valence-electron chi connectivity index (χ3n) is 4.62. The molecule has 2 N–H and O–H groups in total. The molecule has 1 aliphatic carbocycles. The standard InChI is InChI=1S/C16H19N5/c1-3-4-14-13-8-21(2)6-5-11(13)12(7-17)15(20)16(14,9-18)10-19/h5,13-14H,3-4,6,8,20H2,1-2H3. The molecule has 108 valence electrons. The number of hydrogen-bond donors (Lipinski definition) is 1. The molecule has 2 atom stereocenters. The highest BCUT2D eigenvalue weighted by Crippen LogP contribution is 2.50. The van der Waals surface area contributed by atoms with Gasteiger partial charge in [-0.25, -0.2) is 0 Å². The van der Waals surface area contributed by atoms with Crippen LogP contribution in [0.15, 0.2) is 22.9 Å². The van der Waals surface area contributed by atoms with E-state index in [1.165, 1.54) is 0 Å². The lowest BCUT2D eigenvalue weighted by molar-refractivity contribution is 0.176. The van der Waals surface area contributed by atoms with Gasteiger partial charge >= 0.3 is 0 Å². The number of fused-ring (bicyclic) bond motifs is 1. The molecule has 2 unspecified atom stereocenters. The second-order valence-corrected chi connectivity index (χ2v) is 5.81. The molecule has 2 rings (SSSR count). The van der Waals surface area contributed by atoms with Gasteiger partial charge in [-0.05, 0) is 19.0 Å². The molecular weight excluding hydrogens is 262 g/mol. The average molecular weight is 281 g/mol. The van der Waals surface area contributed by atoms with Crippen molar-refractivity contribution in [3.05, 3.63) is 22.9 Å². The predicted molar refractivity (Wildman–Crippen MR) is 78.0 cm³/mol. The molecule has 5 nitrogen and oxygen atoms in total. The van der Waals surface area contributed by atoms with Crippen LogP contribution < -0.4 is 5.73 Å². The molecule has 0 aromatic rings. The van der Waals surface area contributed by atoms with Crippen molar-refractivity contribution in [1.29, 1.82) is 15.8 Å². The summed E-state index contributed by atoms with van der Waals surface area (Å²) in [6, 6.07) is 6.37. The average Bonchev–Trinajstić information content (AvgIpc) is 2.49. The summed E-state index contributed by atoms with van der Waals surface area (Å²) in [5.41, 5.74) is 6.12. The van der Waals surface area contributed by atoms with E-state index >= 15 is 0 Å². The van der Waals surface area contributed by atoms with Gasteiger partial charge in [0.1, 0.15) is 6.07 Å². The van der Waals surface area contributed by atoms with Crippen LogP contribution in [0.3, 0.4) is 0 Å². The maximum atomic E-state index is 9.65. The first-order valence-electron chi connectivity index (χ1n) is 7.17. The lowest BCUT2D eigenvalue weighted by atomic mass is 9.59. The summed E-state index contributed by atoms with van der Waals surface area (Å²) in [5, 5.41) is 28.7. The summed E-state index contributed by atoms with van der Waals surface area (Å²) < 4.78 is 0. The van der Waals surface area contributed by atoms with E-state index in [0.717, 1.165) is 31.5 Å². The number of nitriles is 3. The number of allylic oxidation sites excluding steroid dienone is 2. The zero-order chi connectivity index (χ0) is 15.6. The van der Waals surface area contributed by atoms with E-state index in [1.807, 2.05) is 20.0 Å². The smallest absolute Gasteiger partial charge is 0.187 e. The van der Waals surface area contributed by atoms with Crippen molar-refractivity contribution in [2.24, 2.45) is 23.0 Å². The molecule has 21 heavy (non-hydrogen) atoms. The Labute approximate surface area is 125 Å². The van der Waals surface area contributed by atoms with E-state index in [1.54, 1.807) is 0 Å². The van der Waals surface area contributed by atoms with Crippen LogP contribution in [0.2, 0.25) is 0 Å². The number of rotatable bonds is 2. The number of likely N-dealkylation sites (N-methyl/N-ethyl adjacent to an activating group) is 1. The molecule has 0 radical (unpaired) electrons. The molecule has 0 fully saturated rings. The first-order chi connectivity index (χ1) is 10.1. The van der Waals surface area contributed by atoms with Crippen LogP contribution in [0.5, 0.6) is 0 Å². The third-order valence-corrected chi connectivity index (χ3v) is 4.62. The number of hydrogen-bond acceptors (Lipinski definition) is 5. The molecule has 0 amide bonds. The number of nitrogens with zero attached hydrogens (tertiary/aromatic N) is 4. The molecule has 0 saturated carbocycles. The fraction of sp³-hybridized carbons (Fsp3) is 0.562. The van der Waals surface area contributed by atoms with E-state index in [4.69, 9.17) is 5.73 Å². The minimum atomic E-state index is -1.39. The molecule has 2 aliphatic rings. The van der Waals surface area contributed by atoms with Gasteiger partial charge in [-0.2, -0.15) is 15.8 Å². The molecule has 0 aromatic carbocycles. The lowest BCUT2D eigenvalue weighted by Gasteiger charge is -2.44. The molecule has 1 aliphatic heterocycles. The molecule has 0 bridgehead atoms. The van der Waals surface area contributed by atoms with Crippen molar-refractivity contribution in [3.8, 4) is 18.2 Å². The maximum absolute atomic E-state index is 9.65. The van der Waals surface area contributed by atoms with Crippen LogP contribution >= 0.6 is 0 Å². The van der Waals surface area contributed by atoms with Gasteiger partial charge in [0.05, 0.1) is 23.4 Å². The highest BCUT2D eigenvalue weighted by molar-refractivity contribution is 5.56. The van der Waals surface area contributed by atoms with E-state index in [0.29, 0.717) is 5.57 Å². The highest BCUT2D eigenvalue weighted by atomic mass is 15.1. The Morgan fingerprint density at radius 2 is 2.05 bits per heavy atom. The first kappa shape index (κ1) is 15.1. The Kier molecular flexibility index (Phi) is 4.03. The summed E-state index contributed by atoms with van der Waals surface area (Å²) in [6.45, 7) is 3.55. The summed E-state index contributed by atoms with van der Waals surface area (Å²) in [6.07, 6.45) is 3.63. The monoisotopic (exact) mass is 281 g/mol. The molecular formula is C16H19N5. The van der Waals surface area contributed by atoms with Gasteiger partial charge in [0, 0.05) is 24.9 Å². The quantitative estimate of drug-likeness (QED) is 0.829. The van der Waals surface area contributed by atoms with Crippen molar-refractivity contribution in [2.75, 3.05) is 20.1 Å². The van der Waals surface area contributed by atoms with Gasteiger partial charge < -0.3 is 10.6 Å². The van der Waals surface area contributed by atoms with Crippen LogP contribution in [0.25, 0.3) is 0 Å². The van der Waals surface area contributed by atoms with Gasteiger partial charge in [-0.3, -0.25) is 0 Å². The van der Waals surface area contributed by atoms with Crippen molar-refractivity contribution in [3.63, 3.8) is 0 Å². The van der Waals surface area contributed by atoms with Crippen molar-refractivity contribution in [2.45, 2.75) is 19.8 Å². The highest BCUT2D eigenvalue weighted by Gasteiger charge is 2.52. The second-order valence-electron chi connectivity index (χ2n) is 5.81. The molecule has 1 heterocycles. The summed E-state index contributed by atoms with van der Waals surface area (Å²) in [4.78, 5) is 2.15. The van der Waals surface area contributed by atoms with Gasteiger partial charge in [0.2, 0.25) is 0 Å². The SMILES string of the molecule is CCCC1C2CN(C)CC=C2C(C#N)=C(N)C1(C#N)C#N. The van der Waals surface area contributed by atoms with Gasteiger partial charge in [0.15, 0.2) is 5.41 Å². The second kappa shape index (κ2) is 5.60. The van der Waals surface area contributed by atoms with E-state index in [2.05, 4.69) is 23.1 Å². The zero-order valence-corrected chi connectivity index (χ0v) is 12.4. The van der Waals surface area contributed by atoms with Crippen LogP contribution in [0.1, 0.15) is 19.8 Å². The van der Waals surface area contributed by atoms with E-state index in [-0.39, 0.29) is 17.5 Å². The van der Waals surface area contributed by atoms with E-state index < -0.39 is 5.41 Å². The van der Waals surface area contributed by atoms with Crippen LogP contribution in [-0.2, 0) is 0 Å². The number of nitrogens with two attached hydrogens (primary N) is 1. The van der Waals surface area contributed by atoms with Gasteiger partial charge in [0.25, 0.3) is 0 Å². The van der Waals surface area contributed by atoms with Gasteiger partial charge in [-0.1, -0.05) is 19.4 Å². The fourth-order valence-electron chi connectivity index (χ4n) is 3.56. The summed E-state index contributed by atoms with van der Waals surface area (Å²) in [7, 11) is 2.00.